The van der Waals surface area contributed by atoms with E-state index >= 15 is 0 Å². The molecule has 2 amide bonds. The molecule has 2 fully saturated rings. The summed E-state index contributed by atoms with van der Waals surface area (Å²) < 4.78 is 15.9. The first kappa shape index (κ1) is 26.4. The number of fused-ring (bicyclic) bond motifs is 1. The molecule has 7 nitrogen and oxygen atoms in total. The Morgan fingerprint density at radius 1 is 1.08 bits per heavy atom. The van der Waals surface area contributed by atoms with E-state index in [1.54, 1.807) is 25.4 Å². The van der Waals surface area contributed by atoms with Crippen molar-refractivity contribution in [2.24, 2.45) is 5.92 Å². The molecule has 8 heteroatoms. The number of hydrogen-bond acceptors (Lipinski definition) is 4. The largest absolute Gasteiger partial charge is 0.343 e. The maximum absolute atomic E-state index is 14.1. The van der Waals surface area contributed by atoms with E-state index in [0.29, 0.717) is 6.54 Å². The van der Waals surface area contributed by atoms with Gasteiger partial charge in [0, 0.05) is 24.3 Å². The topological polar surface area (TPSA) is 79.3 Å². The number of rotatable bonds is 7. The van der Waals surface area contributed by atoms with Crippen LogP contribution in [-0.2, 0) is 9.59 Å². The van der Waals surface area contributed by atoms with Crippen molar-refractivity contribution in [1.29, 1.82) is 0 Å². The summed E-state index contributed by atoms with van der Waals surface area (Å²) in [5.41, 5.74) is 3.77. The highest BCUT2D eigenvalue weighted by Crippen LogP contribution is 2.36. The Hall–Kier alpha value is -3.26. The lowest BCUT2D eigenvalue weighted by Crippen LogP contribution is -2.55. The van der Waals surface area contributed by atoms with Crippen LogP contribution in [0.25, 0.3) is 16.6 Å². The second-order valence-corrected chi connectivity index (χ2v) is 10.9. The molecule has 2 N–H and O–H groups in total. The minimum absolute atomic E-state index is 0.0131. The summed E-state index contributed by atoms with van der Waals surface area (Å²) in [5, 5.41) is 6.96. The van der Waals surface area contributed by atoms with Gasteiger partial charge in [-0.05, 0) is 87.9 Å². The Morgan fingerprint density at radius 2 is 1.87 bits per heavy atom. The predicted octanol–water partition coefficient (Wildman–Crippen LogP) is 4.81. The highest BCUT2D eigenvalue weighted by Gasteiger charge is 2.39. The quantitative estimate of drug-likeness (QED) is 0.470. The molecule has 1 aliphatic carbocycles. The van der Waals surface area contributed by atoms with E-state index < -0.39 is 6.04 Å². The van der Waals surface area contributed by atoms with E-state index in [0.717, 1.165) is 66.2 Å². The number of amides is 2. The number of benzene rings is 1. The Labute approximate surface area is 223 Å². The summed E-state index contributed by atoms with van der Waals surface area (Å²) in [6.45, 7) is 4.45. The van der Waals surface area contributed by atoms with E-state index in [1.807, 2.05) is 35.7 Å². The molecule has 1 saturated heterocycles. The molecule has 3 heterocycles. The molecular formula is C30H38FN5O2. The molecular weight excluding hydrogens is 481 g/mol. The number of hydrogen-bond donors (Lipinski definition) is 2. The van der Waals surface area contributed by atoms with E-state index in [2.05, 4.69) is 21.7 Å². The third-order valence-corrected chi connectivity index (χ3v) is 8.42. The van der Waals surface area contributed by atoms with Gasteiger partial charge in [0.05, 0.1) is 29.5 Å². The fraction of sp³-hybridized carbons (Fsp3) is 0.500. The van der Waals surface area contributed by atoms with Crippen molar-refractivity contribution in [1.82, 2.24) is 25.1 Å². The molecule has 38 heavy (non-hydrogen) atoms. The van der Waals surface area contributed by atoms with Crippen molar-refractivity contribution in [2.45, 2.75) is 76.9 Å². The zero-order valence-corrected chi connectivity index (χ0v) is 22.5. The van der Waals surface area contributed by atoms with Gasteiger partial charge in [0.1, 0.15) is 11.9 Å². The third-order valence-electron chi connectivity index (χ3n) is 8.42. The highest BCUT2D eigenvalue weighted by molar-refractivity contribution is 5.90. The molecule has 0 unspecified atom stereocenters. The molecule has 1 saturated carbocycles. The number of pyridine rings is 1. The lowest BCUT2D eigenvalue weighted by molar-refractivity contribution is -0.139. The Bertz CT molecular complexity index is 1320. The number of nitrogens with one attached hydrogen (secondary N) is 2. The molecule has 3 aromatic rings. The number of likely N-dealkylation sites (N-methyl/N-ethyl adjacent to an activating group) is 1. The number of aryl methyl sites for hydroxylation is 1. The molecule has 0 radical (unpaired) electrons. The van der Waals surface area contributed by atoms with Crippen LogP contribution in [0.15, 0.2) is 42.9 Å². The maximum atomic E-state index is 14.1. The van der Waals surface area contributed by atoms with Crippen LogP contribution in [0.2, 0.25) is 0 Å². The van der Waals surface area contributed by atoms with Crippen molar-refractivity contribution in [3.8, 4) is 5.69 Å². The van der Waals surface area contributed by atoms with Crippen LogP contribution in [-0.4, -0.2) is 51.9 Å². The van der Waals surface area contributed by atoms with E-state index in [-0.39, 0.29) is 35.6 Å². The van der Waals surface area contributed by atoms with Gasteiger partial charge in [-0.1, -0.05) is 19.3 Å². The predicted molar refractivity (Wildman–Crippen MR) is 146 cm³/mol. The monoisotopic (exact) mass is 519 g/mol. The number of nitrogens with zero attached hydrogens (tertiary/aromatic N) is 3. The van der Waals surface area contributed by atoms with Gasteiger partial charge in [-0.25, -0.2) is 4.39 Å². The van der Waals surface area contributed by atoms with Crippen LogP contribution >= 0.6 is 0 Å². The highest BCUT2D eigenvalue weighted by atomic mass is 19.1. The Kier molecular flexibility index (Phi) is 7.79. The maximum Gasteiger partial charge on any atom is 0.245 e. The molecule has 1 aromatic carbocycles. The summed E-state index contributed by atoms with van der Waals surface area (Å²) in [7, 11) is 1.75. The molecule has 0 bridgehead atoms. The van der Waals surface area contributed by atoms with Crippen LogP contribution in [0.1, 0.15) is 69.0 Å². The van der Waals surface area contributed by atoms with Crippen LogP contribution in [0.4, 0.5) is 4.39 Å². The van der Waals surface area contributed by atoms with E-state index in [1.165, 1.54) is 12.5 Å². The summed E-state index contributed by atoms with van der Waals surface area (Å²) in [6.07, 6.45) is 12.7. The Balaban J connectivity index is 1.43. The van der Waals surface area contributed by atoms with Gasteiger partial charge in [0.15, 0.2) is 0 Å². The molecule has 2 aromatic heterocycles. The fourth-order valence-electron chi connectivity index (χ4n) is 6.15. The number of likely N-dealkylation sites (tertiary alicyclic amines) is 1. The van der Waals surface area contributed by atoms with E-state index in [9.17, 15) is 14.0 Å². The van der Waals surface area contributed by atoms with Gasteiger partial charge in [-0.2, -0.15) is 0 Å². The van der Waals surface area contributed by atoms with Crippen molar-refractivity contribution in [3.05, 3.63) is 59.8 Å². The lowest BCUT2D eigenvalue weighted by atomic mass is 9.83. The Morgan fingerprint density at radius 3 is 2.63 bits per heavy atom. The zero-order valence-electron chi connectivity index (χ0n) is 22.5. The number of halogens is 1. The SMILES string of the molecule is CN[C@@H](C)C(=O)N[C@H](C(=O)N1CCC[C@H]1c1cncc(-n2cc(C)c3cc(F)ccc32)c1)C1CCCCC1. The first-order chi connectivity index (χ1) is 18.4. The minimum Gasteiger partial charge on any atom is -0.343 e. The normalized spacial score (nSPS) is 20.0. The number of carbonyl (C=O) groups is 2. The van der Waals surface area contributed by atoms with Gasteiger partial charge >= 0.3 is 0 Å². The first-order valence-electron chi connectivity index (χ1n) is 13.9. The summed E-state index contributed by atoms with van der Waals surface area (Å²) >= 11 is 0. The van der Waals surface area contributed by atoms with Crippen molar-refractivity contribution < 1.29 is 14.0 Å². The minimum atomic E-state index is -0.513. The fourth-order valence-corrected chi connectivity index (χ4v) is 6.15. The average Bonchev–Trinajstić information content (AvgIpc) is 3.56. The molecule has 0 spiro atoms. The van der Waals surface area contributed by atoms with Crippen LogP contribution < -0.4 is 10.6 Å². The molecule has 2 aliphatic rings. The zero-order chi connectivity index (χ0) is 26.8. The first-order valence-corrected chi connectivity index (χ1v) is 13.9. The average molecular weight is 520 g/mol. The van der Waals surface area contributed by atoms with Crippen molar-refractivity contribution >= 4 is 22.7 Å². The van der Waals surface area contributed by atoms with Crippen LogP contribution in [0, 0.1) is 18.7 Å². The van der Waals surface area contributed by atoms with Gasteiger partial charge in [0.25, 0.3) is 0 Å². The van der Waals surface area contributed by atoms with E-state index in [4.69, 9.17) is 0 Å². The van der Waals surface area contributed by atoms with Gasteiger partial charge in [-0.3, -0.25) is 14.6 Å². The molecule has 202 valence electrons. The number of carbonyl (C=O) groups excluding carboxylic acids is 2. The van der Waals surface area contributed by atoms with Crippen molar-refractivity contribution in [2.75, 3.05) is 13.6 Å². The smallest absolute Gasteiger partial charge is 0.245 e. The van der Waals surface area contributed by atoms with Gasteiger partial charge in [-0.15, -0.1) is 0 Å². The standard InChI is InChI=1S/C30H38FN5O2/c1-19-18-36(27-12-11-23(31)15-25(19)27)24-14-22(16-33-17-24)26-10-7-13-35(26)30(38)28(21-8-5-4-6-9-21)34-29(37)20(2)32-3/h11-12,14-18,20-21,26,28,32H,4-10,13H2,1-3H3,(H,34,37)/t20-,26-,28-/m0/s1. The second-order valence-electron chi connectivity index (χ2n) is 10.9. The molecule has 5 rings (SSSR count). The van der Waals surface area contributed by atoms with Crippen LogP contribution in [0.3, 0.4) is 0 Å². The van der Waals surface area contributed by atoms with Crippen LogP contribution in [0.5, 0.6) is 0 Å². The lowest BCUT2D eigenvalue weighted by Gasteiger charge is -2.35. The second kappa shape index (κ2) is 11.2. The van der Waals surface area contributed by atoms with Gasteiger partial charge in [0.2, 0.25) is 11.8 Å². The number of aromatic nitrogens is 2. The summed E-state index contributed by atoms with van der Waals surface area (Å²) in [4.78, 5) is 33.4. The summed E-state index contributed by atoms with van der Waals surface area (Å²) in [5.74, 6) is -0.222. The molecule has 1 aliphatic heterocycles. The van der Waals surface area contributed by atoms with Crippen molar-refractivity contribution in [3.63, 3.8) is 0 Å². The summed E-state index contributed by atoms with van der Waals surface area (Å²) in [6, 6.07) is 5.94. The third kappa shape index (κ3) is 5.19. The van der Waals surface area contributed by atoms with Gasteiger partial charge < -0.3 is 20.1 Å². The molecule has 3 atom stereocenters.